The standard InChI is InChI=1S/C24H17Cl4N3O2/c25-18-9-21(27)23(22(28)10-18)33-14-15-4-3-6-16(8-15)24(32)30-19-11-29-31(13-19)12-17-5-1-2-7-20(17)26/h1-11,13H,12,14H2,(H,30,32). The lowest BCUT2D eigenvalue weighted by Gasteiger charge is -2.11. The lowest BCUT2D eigenvalue weighted by Crippen LogP contribution is -2.12. The topological polar surface area (TPSA) is 56.2 Å². The molecule has 0 saturated carbocycles. The molecule has 1 N–H and O–H groups in total. The maximum atomic E-state index is 12.7. The molecule has 0 aliphatic heterocycles. The highest BCUT2D eigenvalue weighted by Gasteiger charge is 2.12. The first kappa shape index (κ1) is 23.5. The van der Waals surface area contributed by atoms with Gasteiger partial charge in [-0.1, -0.05) is 76.7 Å². The van der Waals surface area contributed by atoms with Gasteiger partial charge in [-0.15, -0.1) is 0 Å². The third-order valence-corrected chi connectivity index (χ3v) is 5.87. The Labute approximate surface area is 210 Å². The van der Waals surface area contributed by atoms with Crippen LogP contribution < -0.4 is 10.1 Å². The van der Waals surface area contributed by atoms with Crippen LogP contribution in [0.5, 0.6) is 5.75 Å². The molecule has 0 spiro atoms. The lowest BCUT2D eigenvalue weighted by atomic mass is 10.1. The number of carbonyl (C=O) groups excluding carboxylic acids is 1. The van der Waals surface area contributed by atoms with E-state index >= 15 is 0 Å². The average Bonchev–Trinajstić information content (AvgIpc) is 3.21. The summed E-state index contributed by atoms with van der Waals surface area (Å²) in [5.41, 5.74) is 2.77. The van der Waals surface area contributed by atoms with Crippen LogP contribution >= 0.6 is 46.4 Å². The quantitative estimate of drug-likeness (QED) is 0.276. The Bertz CT molecular complexity index is 1280. The van der Waals surface area contributed by atoms with Crippen molar-refractivity contribution in [2.75, 3.05) is 5.32 Å². The van der Waals surface area contributed by atoms with Crippen LogP contribution in [0.25, 0.3) is 0 Å². The second kappa shape index (κ2) is 10.5. The number of ether oxygens (including phenoxy) is 1. The third-order valence-electron chi connectivity index (χ3n) is 4.72. The van der Waals surface area contributed by atoms with E-state index in [1.165, 1.54) is 0 Å². The zero-order chi connectivity index (χ0) is 23.4. The predicted octanol–water partition coefficient (Wildman–Crippen LogP) is 7.38. The molecule has 1 heterocycles. The van der Waals surface area contributed by atoms with Crippen molar-refractivity contribution in [2.45, 2.75) is 13.2 Å². The first-order valence-corrected chi connectivity index (χ1v) is 11.3. The van der Waals surface area contributed by atoms with Crippen LogP contribution in [0.4, 0.5) is 5.69 Å². The van der Waals surface area contributed by atoms with E-state index in [0.717, 1.165) is 11.1 Å². The number of benzene rings is 3. The largest absolute Gasteiger partial charge is 0.486 e. The van der Waals surface area contributed by atoms with Gasteiger partial charge in [0, 0.05) is 21.8 Å². The van der Waals surface area contributed by atoms with Crippen LogP contribution in [0.2, 0.25) is 20.1 Å². The van der Waals surface area contributed by atoms with Gasteiger partial charge in [-0.3, -0.25) is 9.48 Å². The van der Waals surface area contributed by atoms with Crippen molar-refractivity contribution < 1.29 is 9.53 Å². The van der Waals surface area contributed by atoms with Gasteiger partial charge in [0.2, 0.25) is 0 Å². The SMILES string of the molecule is O=C(Nc1cnn(Cc2ccccc2Cl)c1)c1cccc(COc2c(Cl)cc(Cl)cc2Cl)c1. The monoisotopic (exact) mass is 519 g/mol. The molecule has 168 valence electrons. The number of anilines is 1. The molecule has 33 heavy (non-hydrogen) atoms. The second-order valence-electron chi connectivity index (χ2n) is 7.16. The van der Waals surface area contributed by atoms with Crippen molar-refractivity contribution in [3.63, 3.8) is 0 Å². The summed E-state index contributed by atoms with van der Waals surface area (Å²) in [4.78, 5) is 12.7. The van der Waals surface area contributed by atoms with Crippen molar-refractivity contribution in [1.29, 1.82) is 0 Å². The highest BCUT2D eigenvalue weighted by molar-refractivity contribution is 6.40. The maximum Gasteiger partial charge on any atom is 0.255 e. The average molecular weight is 521 g/mol. The van der Waals surface area contributed by atoms with Gasteiger partial charge in [0.1, 0.15) is 6.61 Å². The predicted molar refractivity (Wildman–Crippen MR) is 133 cm³/mol. The molecule has 1 aromatic heterocycles. The number of halogens is 4. The van der Waals surface area contributed by atoms with Crippen LogP contribution in [0.3, 0.4) is 0 Å². The van der Waals surface area contributed by atoms with Crippen molar-refractivity contribution in [1.82, 2.24) is 9.78 Å². The Hall–Kier alpha value is -2.70. The minimum atomic E-state index is -0.267. The van der Waals surface area contributed by atoms with Gasteiger partial charge in [0.25, 0.3) is 5.91 Å². The molecule has 3 aromatic carbocycles. The highest BCUT2D eigenvalue weighted by atomic mass is 35.5. The number of carbonyl (C=O) groups is 1. The molecule has 0 atom stereocenters. The van der Waals surface area contributed by atoms with E-state index in [1.54, 1.807) is 47.4 Å². The summed E-state index contributed by atoms with van der Waals surface area (Å²) in [5.74, 6) is 0.0697. The normalized spacial score (nSPS) is 10.8. The van der Waals surface area contributed by atoms with Crippen LogP contribution in [0.15, 0.2) is 73.1 Å². The van der Waals surface area contributed by atoms with Gasteiger partial charge in [-0.2, -0.15) is 5.10 Å². The van der Waals surface area contributed by atoms with Gasteiger partial charge >= 0.3 is 0 Å². The summed E-state index contributed by atoms with van der Waals surface area (Å²) in [6.07, 6.45) is 3.34. The molecule has 9 heteroatoms. The number of hydrogen-bond donors (Lipinski definition) is 1. The van der Waals surface area contributed by atoms with E-state index in [2.05, 4.69) is 10.4 Å². The van der Waals surface area contributed by atoms with E-state index < -0.39 is 0 Å². The summed E-state index contributed by atoms with van der Waals surface area (Å²) in [6.45, 7) is 0.677. The maximum absolute atomic E-state index is 12.7. The summed E-state index contributed by atoms with van der Waals surface area (Å²) >= 11 is 24.5. The summed E-state index contributed by atoms with van der Waals surface area (Å²) < 4.78 is 7.46. The Morgan fingerprint density at radius 3 is 2.45 bits per heavy atom. The number of hydrogen-bond acceptors (Lipinski definition) is 3. The van der Waals surface area contributed by atoms with E-state index in [4.69, 9.17) is 51.1 Å². The van der Waals surface area contributed by atoms with Crippen LogP contribution in [-0.2, 0) is 13.2 Å². The van der Waals surface area contributed by atoms with Gasteiger partial charge in [0.15, 0.2) is 5.75 Å². The molecule has 1 amide bonds. The molecule has 0 fully saturated rings. The summed E-state index contributed by atoms with van der Waals surface area (Å²) in [7, 11) is 0. The molecule has 4 aromatic rings. The first-order valence-electron chi connectivity index (χ1n) is 9.82. The molecule has 0 radical (unpaired) electrons. The number of nitrogens with zero attached hydrogens (tertiary/aromatic N) is 2. The van der Waals surface area contributed by atoms with Crippen molar-refractivity contribution in [3.05, 3.63) is 110 Å². The molecule has 4 rings (SSSR count). The first-order chi connectivity index (χ1) is 15.9. The van der Waals surface area contributed by atoms with Gasteiger partial charge in [-0.25, -0.2) is 0 Å². The molecular weight excluding hydrogens is 504 g/mol. The summed E-state index contributed by atoms with van der Waals surface area (Å²) in [6, 6.07) is 17.7. The van der Waals surface area contributed by atoms with Gasteiger partial charge in [-0.05, 0) is 41.5 Å². The number of rotatable bonds is 7. The minimum absolute atomic E-state index is 0.179. The molecular formula is C24H17Cl4N3O2. The molecule has 5 nitrogen and oxygen atoms in total. The van der Waals surface area contributed by atoms with E-state index in [9.17, 15) is 4.79 Å². The second-order valence-corrected chi connectivity index (χ2v) is 8.82. The van der Waals surface area contributed by atoms with Gasteiger partial charge in [0.05, 0.1) is 28.5 Å². The van der Waals surface area contributed by atoms with Crippen molar-refractivity contribution in [2.24, 2.45) is 0 Å². The molecule has 0 aliphatic rings. The summed E-state index contributed by atoms with van der Waals surface area (Å²) in [5, 5.41) is 8.86. The number of aromatic nitrogens is 2. The fourth-order valence-corrected chi connectivity index (χ4v) is 4.27. The Kier molecular flexibility index (Phi) is 7.46. The fourth-order valence-electron chi connectivity index (χ4n) is 3.14. The Morgan fingerprint density at radius 2 is 1.70 bits per heavy atom. The molecule has 0 saturated heterocycles. The van der Waals surface area contributed by atoms with Gasteiger partial charge < -0.3 is 10.1 Å². The smallest absolute Gasteiger partial charge is 0.255 e. The fraction of sp³-hybridized carbons (Fsp3) is 0.0833. The molecule has 0 aliphatic carbocycles. The van der Waals surface area contributed by atoms with Crippen LogP contribution in [-0.4, -0.2) is 15.7 Å². The lowest BCUT2D eigenvalue weighted by molar-refractivity contribution is 0.102. The minimum Gasteiger partial charge on any atom is -0.486 e. The number of amides is 1. The van der Waals surface area contributed by atoms with E-state index in [1.807, 2.05) is 30.3 Å². The molecule has 0 unspecified atom stereocenters. The number of nitrogens with one attached hydrogen (secondary N) is 1. The van der Waals surface area contributed by atoms with Crippen molar-refractivity contribution >= 4 is 58.0 Å². The van der Waals surface area contributed by atoms with Crippen molar-refractivity contribution in [3.8, 4) is 5.75 Å². The van der Waals surface area contributed by atoms with Crippen LogP contribution in [0.1, 0.15) is 21.5 Å². The zero-order valence-electron chi connectivity index (χ0n) is 17.1. The highest BCUT2D eigenvalue weighted by Crippen LogP contribution is 2.36. The van der Waals surface area contributed by atoms with E-state index in [-0.39, 0.29) is 12.5 Å². The third kappa shape index (κ3) is 6.01. The molecule has 0 bridgehead atoms. The Balaban J connectivity index is 1.40. The zero-order valence-corrected chi connectivity index (χ0v) is 20.1. The Morgan fingerprint density at radius 1 is 0.939 bits per heavy atom. The van der Waals surface area contributed by atoms with E-state index in [0.29, 0.717) is 43.6 Å². The van der Waals surface area contributed by atoms with Crippen LogP contribution in [0, 0.1) is 0 Å².